The topological polar surface area (TPSA) is 80.9 Å². The number of carbonyl (C=O) groups is 1. The van der Waals surface area contributed by atoms with E-state index in [-0.39, 0.29) is 5.91 Å². The van der Waals surface area contributed by atoms with Gasteiger partial charge in [0.15, 0.2) is 5.82 Å². The Labute approximate surface area is 114 Å². The summed E-state index contributed by atoms with van der Waals surface area (Å²) < 4.78 is 4.91. The van der Waals surface area contributed by atoms with E-state index in [2.05, 4.69) is 20.4 Å². The summed E-state index contributed by atoms with van der Waals surface area (Å²) in [6.45, 7) is 3.51. The van der Waals surface area contributed by atoms with E-state index in [0.717, 1.165) is 5.52 Å². The van der Waals surface area contributed by atoms with Crippen molar-refractivity contribution in [1.29, 1.82) is 0 Å². The van der Waals surface area contributed by atoms with Gasteiger partial charge in [-0.25, -0.2) is 9.97 Å². The number of aryl methyl sites for hydroxylation is 2. The molecule has 0 atom stereocenters. The van der Waals surface area contributed by atoms with E-state index in [0.29, 0.717) is 28.5 Å². The van der Waals surface area contributed by atoms with E-state index < -0.39 is 0 Å². The third-order valence-electron chi connectivity index (χ3n) is 2.80. The normalized spacial score (nSPS) is 10.7. The summed E-state index contributed by atoms with van der Waals surface area (Å²) in [5.41, 5.74) is 1.07. The summed E-state index contributed by atoms with van der Waals surface area (Å²) in [6.07, 6.45) is 0. The molecular weight excluding hydrogens is 256 g/mol. The fraction of sp³-hybridized carbons (Fsp3) is 0.143. The van der Waals surface area contributed by atoms with Gasteiger partial charge < -0.3 is 9.84 Å². The molecule has 0 saturated heterocycles. The summed E-state index contributed by atoms with van der Waals surface area (Å²) in [5, 5.41) is 7.10. The molecule has 1 amide bonds. The molecule has 0 spiro atoms. The summed E-state index contributed by atoms with van der Waals surface area (Å²) in [6, 6.07) is 9.03. The van der Waals surface area contributed by atoms with Gasteiger partial charge >= 0.3 is 0 Å². The molecule has 6 nitrogen and oxygen atoms in total. The largest absolute Gasteiger partial charge is 0.360 e. The zero-order chi connectivity index (χ0) is 14.1. The zero-order valence-electron chi connectivity index (χ0n) is 11.0. The first-order chi connectivity index (χ1) is 9.63. The fourth-order valence-corrected chi connectivity index (χ4v) is 1.97. The average Bonchev–Trinajstić information content (AvgIpc) is 2.83. The predicted octanol–water partition coefficient (Wildman–Crippen LogP) is 2.49. The second kappa shape index (κ2) is 4.73. The van der Waals surface area contributed by atoms with Gasteiger partial charge in [-0.2, -0.15) is 0 Å². The Bertz CT molecular complexity index is 795. The number of hydrogen-bond donors (Lipinski definition) is 1. The van der Waals surface area contributed by atoms with Crippen LogP contribution in [0.5, 0.6) is 0 Å². The second-order valence-electron chi connectivity index (χ2n) is 4.41. The Balaban J connectivity index is 2.02. The molecule has 1 N–H and O–H groups in total. The monoisotopic (exact) mass is 268 g/mol. The minimum Gasteiger partial charge on any atom is -0.360 e. The number of nitrogens with zero attached hydrogens (tertiary/aromatic N) is 3. The van der Waals surface area contributed by atoms with Crippen molar-refractivity contribution < 1.29 is 9.32 Å². The van der Waals surface area contributed by atoms with E-state index >= 15 is 0 Å². The number of fused-ring (bicyclic) bond motifs is 1. The molecule has 3 rings (SSSR count). The Morgan fingerprint density at radius 2 is 2.00 bits per heavy atom. The van der Waals surface area contributed by atoms with Gasteiger partial charge in [-0.3, -0.25) is 4.79 Å². The van der Waals surface area contributed by atoms with Crippen molar-refractivity contribution in [1.82, 2.24) is 15.1 Å². The van der Waals surface area contributed by atoms with Gasteiger partial charge in [-0.05, 0) is 19.9 Å². The van der Waals surface area contributed by atoms with Crippen LogP contribution in [0.4, 0.5) is 5.82 Å². The summed E-state index contributed by atoms with van der Waals surface area (Å²) in [5.74, 6) is 1.21. The zero-order valence-corrected chi connectivity index (χ0v) is 11.0. The lowest BCUT2D eigenvalue weighted by Gasteiger charge is -2.06. The standard InChI is InChI=1S/C14H12N4O2/c1-8-7-12(18-20-8)17-14(19)13-10-5-3-4-6-11(10)15-9(2)16-13/h3-7H,1-2H3,(H,17,18,19). The van der Waals surface area contributed by atoms with Crippen LogP contribution in [-0.2, 0) is 0 Å². The smallest absolute Gasteiger partial charge is 0.276 e. The molecule has 0 aliphatic heterocycles. The van der Waals surface area contributed by atoms with E-state index in [4.69, 9.17) is 4.52 Å². The summed E-state index contributed by atoms with van der Waals surface area (Å²) >= 11 is 0. The fourth-order valence-electron chi connectivity index (χ4n) is 1.97. The molecule has 2 aromatic heterocycles. The van der Waals surface area contributed by atoms with Crippen LogP contribution >= 0.6 is 0 Å². The molecule has 1 aromatic carbocycles. The molecule has 3 aromatic rings. The molecule has 0 radical (unpaired) electrons. The predicted molar refractivity (Wildman–Crippen MR) is 73.5 cm³/mol. The number of benzene rings is 1. The van der Waals surface area contributed by atoms with Crippen LogP contribution in [0.3, 0.4) is 0 Å². The maximum absolute atomic E-state index is 12.3. The maximum Gasteiger partial charge on any atom is 0.276 e. The van der Waals surface area contributed by atoms with Gasteiger partial charge in [0.2, 0.25) is 0 Å². The average molecular weight is 268 g/mol. The SMILES string of the molecule is Cc1nc(C(=O)Nc2cc(C)on2)c2ccccc2n1. The van der Waals surface area contributed by atoms with Crippen molar-refractivity contribution in [3.8, 4) is 0 Å². The van der Waals surface area contributed by atoms with E-state index in [1.807, 2.05) is 24.3 Å². The molecule has 6 heteroatoms. The quantitative estimate of drug-likeness (QED) is 0.772. The summed E-state index contributed by atoms with van der Waals surface area (Å²) in [7, 11) is 0. The molecular formula is C14H12N4O2. The highest BCUT2D eigenvalue weighted by Crippen LogP contribution is 2.17. The number of hydrogen-bond acceptors (Lipinski definition) is 5. The highest BCUT2D eigenvalue weighted by Gasteiger charge is 2.15. The molecule has 0 bridgehead atoms. The highest BCUT2D eigenvalue weighted by atomic mass is 16.5. The maximum atomic E-state index is 12.3. The van der Waals surface area contributed by atoms with Gasteiger partial charge in [-0.15, -0.1) is 0 Å². The van der Waals surface area contributed by atoms with Crippen LogP contribution in [0, 0.1) is 13.8 Å². The Hall–Kier alpha value is -2.76. The van der Waals surface area contributed by atoms with Crippen LogP contribution in [0.25, 0.3) is 10.9 Å². The number of nitrogens with one attached hydrogen (secondary N) is 1. The Kier molecular flexibility index (Phi) is 2.90. The van der Waals surface area contributed by atoms with Gasteiger partial charge in [0.1, 0.15) is 17.3 Å². The van der Waals surface area contributed by atoms with Crippen LogP contribution in [0.15, 0.2) is 34.9 Å². The van der Waals surface area contributed by atoms with Gasteiger partial charge in [0.05, 0.1) is 5.52 Å². The lowest BCUT2D eigenvalue weighted by atomic mass is 10.1. The third kappa shape index (κ3) is 2.23. The van der Waals surface area contributed by atoms with Gasteiger partial charge in [0.25, 0.3) is 5.91 Å². The molecule has 100 valence electrons. The Morgan fingerprint density at radius 3 is 2.75 bits per heavy atom. The van der Waals surface area contributed by atoms with Gasteiger partial charge in [0, 0.05) is 11.5 Å². The number of amides is 1. The number of carbonyl (C=O) groups excluding carboxylic acids is 1. The van der Waals surface area contributed by atoms with Gasteiger partial charge in [-0.1, -0.05) is 23.4 Å². The minimum absolute atomic E-state index is 0.328. The first kappa shape index (κ1) is 12.3. The number of aromatic nitrogens is 3. The first-order valence-electron chi connectivity index (χ1n) is 6.11. The molecule has 0 aliphatic carbocycles. The molecule has 2 heterocycles. The third-order valence-corrected chi connectivity index (χ3v) is 2.80. The first-order valence-corrected chi connectivity index (χ1v) is 6.11. The van der Waals surface area contributed by atoms with Crippen molar-refractivity contribution in [2.75, 3.05) is 5.32 Å². The lowest BCUT2D eigenvalue weighted by Crippen LogP contribution is -2.15. The van der Waals surface area contributed by atoms with E-state index in [1.165, 1.54) is 0 Å². The highest BCUT2D eigenvalue weighted by molar-refractivity contribution is 6.10. The van der Waals surface area contributed by atoms with Crippen molar-refractivity contribution in [3.63, 3.8) is 0 Å². The van der Waals surface area contributed by atoms with E-state index in [1.54, 1.807) is 19.9 Å². The molecule has 20 heavy (non-hydrogen) atoms. The second-order valence-corrected chi connectivity index (χ2v) is 4.41. The lowest BCUT2D eigenvalue weighted by molar-refractivity contribution is 0.102. The molecule has 0 fully saturated rings. The van der Waals surface area contributed by atoms with E-state index in [9.17, 15) is 4.79 Å². The number of rotatable bonds is 2. The molecule has 0 saturated carbocycles. The minimum atomic E-state index is -0.333. The van der Waals surface area contributed by atoms with Crippen molar-refractivity contribution in [2.45, 2.75) is 13.8 Å². The Morgan fingerprint density at radius 1 is 1.20 bits per heavy atom. The van der Waals surface area contributed by atoms with Crippen LogP contribution < -0.4 is 5.32 Å². The molecule has 0 unspecified atom stereocenters. The van der Waals surface area contributed by atoms with Crippen molar-refractivity contribution in [3.05, 3.63) is 47.6 Å². The summed E-state index contributed by atoms with van der Waals surface area (Å²) in [4.78, 5) is 20.8. The van der Waals surface area contributed by atoms with Crippen LogP contribution in [0.1, 0.15) is 22.1 Å². The van der Waals surface area contributed by atoms with Crippen molar-refractivity contribution >= 4 is 22.6 Å². The van der Waals surface area contributed by atoms with Crippen LogP contribution in [-0.4, -0.2) is 21.0 Å². The van der Waals surface area contributed by atoms with Crippen molar-refractivity contribution in [2.24, 2.45) is 0 Å². The number of anilines is 1. The van der Waals surface area contributed by atoms with Crippen LogP contribution in [0.2, 0.25) is 0 Å². The molecule has 0 aliphatic rings. The number of para-hydroxylation sites is 1.